The van der Waals surface area contributed by atoms with E-state index < -0.39 is 6.04 Å². The van der Waals surface area contributed by atoms with Gasteiger partial charge in [0.25, 0.3) is 0 Å². The van der Waals surface area contributed by atoms with Gasteiger partial charge in [-0.3, -0.25) is 0 Å². The molecule has 0 bridgehead atoms. The van der Waals surface area contributed by atoms with Gasteiger partial charge in [0, 0.05) is 0 Å². The molecule has 1 unspecified atom stereocenters. The van der Waals surface area contributed by atoms with Crippen molar-refractivity contribution in [1.29, 1.82) is 0 Å². The second kappa shape index (κ2) is 4.74. The highest BCUT2D eigenvalue weighted by atomic mass is 16.1. The second-order valence-corrected chi connectivity index (χ2v) is 1.67. The fourth-order valence-electron chi connectivity index (χ4n) is 0.406. The fraction of sp³-hybridized carbons (Fsp3) is 0.800. The Hall–Kier alpha value is -0.410. The van der Waals surface area contributed by atoms with E-state index in [1.807, 2.05) is 0 Å². The first-order chi connectivity index (χ1) is 3.81. The van der Waals surface area contributed by atoms with Crippen LogP contribution in [0, 0.1) is 0 Å². The Balaban J connectivity index is 2.98. The SMILES string of the molecule is [NH]C(C=O)CCCN. The number of hydrogen-bond donors (Lipinski definition) is 1. The van der Waals surface area contributed by atoms with Crippen molar-refractivity contribution in [3.63, 3.8) is 0 Å². The molecule has 1 atom stereocenters. The van der Waals surface area contributed by atoms with Gasteiger partial charge in [-0.25, -0.2) is 5.73 Å². The van der Waals surface area contributed by atoms with Gasteiger partial charge >= 0.3 is 0 Å². The Morgan fingerprint density at radius 3 is 2.75 bits per heavy atom. The molecule has 0 fully saturated rings. The number of hydrogen-bond acceptors (Lipinski definition) is 2. The first kappa shape index (κ1) is 7.59. The monoisotopic (exact) mass is 115 g/mol. The van der Waals surface area contributed by atoms with E-state index in [1.165, 1.54) is 0 Å². The van der Waals surface area contributed by atoms with Crippen LogP contribution in [0.15, 0.2) is 0 Å². The minimum Gasteiger partial charge on any atom is -0.330 e. The van der Waals surface area contributed by atoms with Crippen molar-refractivity contribution in [1.82, 2.24) is 5.73 Å². The van der Waals surface area contributed by atoms with E-state index in [2.05, 4.69) is 0 Å². The van der Waals surface area contributed by atoms with Crippen LogP contribution in [0.4, 0.5) is 0 Å². The number of nitrogens with two attached hydrogens (primary N) is 1. The molecule has 0 aromatic heterocycles. The summed E-state index contributed by atoms with van der Waals surface area (Å²) in [7, 11) is 0. The number of aldehydes is 1. The van der Waals surface area contributed by atoms with Crippen LogP contribution in [0.2, 0.25) is 0 Å². The predicted molar refractivity (Wildman–Crippen MR) is 31.2 cm³/mol. The summed E-state index contributed by atoms with van der Waals surface area (Å²) in [4.78, 5) is 9.78. The molecule has 0 aromatic rings. The highest BCUT2D eigenvalue weighted by Gasteiger charge is 1.96. The van der Waals surface area contributed by atoms with Crippen LogP contribution in [0.5, 0.6) is 0 Å². The quantitative estimate of drug-likeness (QED) is 0.505. The highest BCUT2D eigenvalue weighted by molar-refractivity contribution is 5.56. The zero-order chi connectivity index (χ0) is 6.41. The van der Waals surface area contributed by atoms with E-state index in [0.29, 0.717) is 19.3 Å². The van der Waals surface area contributed by atoms with Gasteiger partial charge in [0.2, 0.25) is 0 Å². The lowest BCUT2D eigenvalue weighted by atomic mass is 10.2. The summed E-state index contributed by atoms with van der Waals surface area (Å²) < 4.78 is 0. The number of nitrogens with one attached hydrogen (secondary N) is 1. The number of rotatable bonds is 4. The van der Waals surface area contributed by atoms with E-state index in [9.17, 15) is 4.79 Å². The third-order valence-electron chi connectivity index (χ3n) is 0.884. The minimum atomic E-state index is -0.557. The third-order valence-corrected chi connectivity index (χ3v) is 0.884. The lowest BCUT2D eigenvalue weighted by molar-refractivity contribution is -0.109. The van der Waals surface area contributed by atoms with Crippen molar-refractivity contribution in [3.8, 4) is 0 Å². The molecule has 3 heteroatoms. The Morgan fingerprint density at radius 1 is 1.75 bits per heavy atom. The highest BCUT2D eigenvalue weighted by Crippen LogP contribution is 1.88. The Kier molecular flexibility index (Phi) is 4.50. The summed E-state index contributed by atoms with van der Waals surface area (Å²) in [5.74, 6) is 0. The molecule has 47 valence electrons. The van der Waals surface area contributed by atoms with Crippen LogP contribution in [0.3, 0.4) is 0 Å². The van der Waals surface area contributed by atoms with Crippen LogP contribution in [0.25, 0.3) is 0 Å². The maximum atomic E-state index is 9.78. The molecule has 0 heterocycles. The summed E-state index contributed by atoms with van der Waals surface area (Å²) in [6.07, 6.45) is 2.00. The van der Waals surface area contributed by atoms with Crippen LogP contribution >= 0.6 is 0 Å². The molecule has 0 saturated carbocycles. The van der Waals surface area contributed by atoms with E-state index >= 15 is 0 Å². The molecule has 1 radical (unpaired) electrons. The predicted octanol–water partition coefficient (Wildman–Crippen LogP) is -0.424. The van der Waals surface area contributed by atoms with Gasteiger partial charge in [-0.15, -0.1) is 0 Å². The normalized spacial score (nSPS) is 13.2. The summed E-state index contributed by atoms with van der Waals surface area (Å²) in [6, 6.07) is -0.557. The Morgan fingerprint density at radius 2 is 2.38 bits per heavy atom. The largest absolute Gasteiger partial charge is 0.330 e. The van der Waals surface area contributed by atoms with E-state index in [-0.39, 0.29) is 0 Å². The van der Waals surface area contributed by atoms with Crippen LogP contribution in [-0.4, -0.2) is 18.9 Å². The summed E-state index contributed by atoms with van der Waals surface area (Å²) in [6.45, 7) is 0.573. The smallest absolute Gasteiger partial charge is 0.138 e. The topological polar surface area (TPSA) is 66.9 Å². The standard InChI is InChI=1S/C5H11N2O/c6-3-1-2-5(7)4-8/h4-5,7H,1-3,6H2. The minimum absolute atomic E-state index is 0.557. The van der Waals surface area contributed by atoms with Crippen molar-refractivity contribution in [2.45, 2.75) is 18.9 Å². The number of carbonyl (C=O) groups excluding carboxylic acids is 1. The summed E-state index contributed by atoms with van der Waals surface area (Å²) in [5.41, 5.74) is 12.0. The van der Waals surface area contributed by atoms with E-state index in [4.69, 9.17) is 11.5 Å². The lowest BCUT2D eigenvalue weighted by Gasteiger charge is -1.97. The second-order valence-electron chi connectivity index (χ2n) is 1.67. The van der Waals surface area contributed by atoms with Gasteiger partial charge in [0.1, 0.15) is 6.29 Å². The molecule has 0 aliphatic carbocycles. The zero-order valence-electron chi connectivity index (χ0n) is 4.76. The molecule has 0 rings (SSSR count). The fourth-order valence-corrected chi connectivity index (χ4v) is 0.406. The molecule has 0 spiro atoms. The maximum absolute atomic E-state index is 9.78. The van der Waals surface area contributed by atoms with Crippen LogP contribution < -0.4 is 11.5 Å². The molecule has 3 nitrogen and oxygen atoms in total. The molecule has 0 aliphatic rings. The maximum Gasteiger partial charge on any atom is 0.138 e. The first-order valence-corrected chi connectivity index (χ1v) is 2.67. The average molecular weight is 115 g/mol. The van der Waals surface area contributed by atoms with Crippen molar-refractivity contribution in [3.05, 3.63) is 0 Å². The first-order valence-electron chi connectivity index (χ1n) is 2.67. The van der Waals surface area contributed by atoms with Crippen molar-refractivity contribution < 1.29 is 4.79 Å². The van der Waals surface area contributed by atoms with Gasteiger partial charge in [0.15, 0.2) is 0 Å². The van der Waals surface area contributed by atoms with Gasteiger partial charge in [-0.2, -0.15) is 0 Å². The molecule has 0 aromatic carbocycles. The van der Waals surface area contributed by atoms with Crippen molar-refractivity contribution in [2.75, 3.05) is 6.54 Å². The Labute approximate surface area is 49.0 Å². The molecule has 0 saturated heterocycles. The molecule has 0 aliphatic heterocycles. The van der Waals surface area contributed by atoms with Gasteiger partial charge < -0.3 is 10.5 Å². The van der Waals surface area contributed by atoms with Gasteiger partial charge in [0.05, 0.1) is 6.04 Å². The molecular weight excluding hydrogens is 104 g/mol. The summed E-state index contributed by atoms with van der Waals surface area (Å²) >= 11 is 0. The average Bonchev–Trinajstić information content (AvgIpc) is 1.83. The zero-order valence-corrected chi connectivity index (χ0v) is 4.76. The lowest BCUT2D eigenvalue weighted by Crippen LogP contribution is -2.12. The third kappa shape index (κ3) is 3.77. The van der Waals surface area contributed by atoms with E-state index in [0.717, 1.165) is 6.42 Å². The van der Waals surface area contributed by atoms with Crippen LogP contribution in [-0.2, 0) is 4.79 Å². The molecule has 8 heavy (non-hydrogen) atoms. The Bertz CT molecular complexity index is 65.4. The number of carbonyl (C=O) groups is 1. The van der Waals surface area contributed by atoms with Crippen molar-refractivity contribution >= 4 is 6.29 Å². The van der Waals surface area contributed by atoms with Crippen molar-refractivity contribution in [2.24, 2.45) is 5.73 Å². The molecule has 3 N–H and O–H groups in total. The molecule has 0 amide bonds. The summed E-state index contributed by atoms with van der Waals surface area (Å²) in [5, 5.41) is 0. The van der Waals surface area contributed by atoms with Gasteiger partial charge in [-0.05, 0) is 19.4 Å². The van der Waals surface area contributed by atoms with E-state index in [1.54, 1.807) is 0 Å². The molecular formula is C5H11N2O. The van der Waals surface area contributed by atoms with Gasteiger partial charge in [-0.1, -0.05) is 0 Å². The van der Waals surface area contributed by atoms with Crippen LogP contribution in [0.1, 0.15) is 12.8 Å².